The lowest BCUT2D eigenvalue weighted by molar-refractivity contribution is -0.121. The molecule has 0 radical (unpaired) electrons. The Morgan fingerprint density at radius 1 is 1.07 bits per heavy atom. The summed E-state index contributed by atoms with van der Waals surface area (Å²) in [6.07, 6.45) is 0. The zero-order valence-electron chi connectivity index (χ0n) is 14.6. The number of sulfonamides is 1. The van der Waals surface area contributed by atoms with E-state index in [0.717, 1.165) is 4.31 Å². The second-order valence-corrected chi connectivity index (χ2v) is 8.62. The topological polar surface area (TPSA) is 66.5 Å². The van der Waals surface area contributed by atoms with Crippen molar-refractivity contribution in [3.63, 3.8) is 0 Å². The summed E-state index contributed by atoms with van der Waals surface area (Å²) in [5.74, 6) is -1.10. The van der Waals surface area contributed by atoms with E-state index in [4.69, 9.17) is 23.2 Å². The third-order valence-corrected chi connectivity index (χ3v) is 6.41. The summed E-state index contributed by atoms with van der Waals surface area (Å²) in [5, 5.41) is 3.24. The van der Waals surface area contributed by atoms with Crippen LogP contribution in [0.2, 0.25) is 10.0 Å². The van der Waals surface area contributed by atoms with E-state index in [9.17, 15) is 17.6 Å². The van der Waals surface area contributed by atoms with Gasteiger partial charge in [-0.1, -0.05) is 48.3 Å². The van der Waals surface area contributed by atoms with Gasteiger partial charge in [-0.2, -0.15) is 4.31 Å². The molecule has 0 unspecified atom stereocenters. The summed E-state index contributed by atoms with van der Waals surface area (Å²) in [5.41, 5.74) is 1.20. The van der Waals surface area contributed by atoms with Crippen molar-refractivity contribution in [2.24, 2.45) is 0 Å². The summed E-state index contributed by atoms with van der Waals surface area (Å²) < 4.78 is 39.2. The predicted octanol–water partition coefficient (Wildman–Crippen LogP) is 3.60. The SMILES string of the molecule is CCN(CC(=O)NCc1ccc(F)cc1)S(=O)(=O)Cc1ccc(Cl)c(Cl)c1. The van der Waals surface area contributed by atoms with Crippen LogP contribution in [0.15, 0.2) is 42.5 Å². The van der Waals surface area contributed by atoms with Crippen LogP contribution in [0.4, 0.5) is 4.39 Å². The first-order valence-electron chi connectivity index (χ1n) is 8.14. The Hall–Kier alpha value is -1.67. The van der Waals surface area contributed by atoms with E-state index in [0.29, 0.717) is 16.1 Å². The average Bonchev–Trinajstić information content (AvgIpc) is 2.62. The smallest absolute Gasteiger partial charge is 0.235 e. The number of halogens is 3. The molecule has 0 aliphatic heterocycles. The van der Waals surface area contributed by atoms with E-state index in [1.165, 1.54) is 24.3 Å². The maximum atomic E-state index is 12.9. The molecule has 0 fully saturated rings. The van der Waals surface area contributed by atoms with Gasteiger partial charge in [0.2, 0.25) is 15.9 Å². The molecule has 1 N–H and O–H groups in total. The van der Waals surface area contributed by atoms with Crippen molar-refractivity contribution in [2.45, 2.75) is 19.2 Å². The van der Waals surface area contributed by atoms with Crippen LogP contribution in [0.25, 0.3) is 0 Å². The highest BCUT2D eigenvalue weighted by molar-refractivity contribution is 7.88. The monoisotopic (exact) mass is 432 g/mol. The van der Waals surface area contributed by atoms with Gasteiger partial charge in [-0.05, 0) is 35.4 Å². The molecule has 27 heavy (non-hydrogen) atoms. The molecule has 0 aliphatic rings. The Balaban J connectivity index is 1.98. The summed E-state index contributed by atoms with van der Waals surface area (Å²) in [6.45, 7) is 1.68. The van der Waals surface area contributed by atoms with Gasteiger partial charge in [0, 0.05) is 13.1 Å². The van der Waals surface area contributed by atoms with Crippen LogP contribution in [0.3, 0.4) is 0 Å². The molecule has 5 nitrogen and oxygen atoms in total. The van der Waals surface area contributed by atoms with Crippen LogP contribution in [-0.4, -0.2) is 31.7 Å². The quantitative estimate of drug-likeness (QED) is 0.692. The molecule has 2 aromatic rings. The lowest BCUT2D eigenvalue weighted by atomic mass is 10.2. The molecule has 0 atom stereocenters. The third-order valence-electron chi connectivity index (χ3n) is 3.80. The number of nitrogens with zero attached hydrogens (tertiary/aromatic N) is 1. The van der Waals surface area contributed by atoms with E-state index in [1.807, 2.05) is 0 Å². The van der Waals surface area contributed by atoms with Gasteiger partial charge in [0.15, 0.2) is 0 Å². The zero-order valence-corrected chi connectivity index (χ0v) is 16.9. The fraction of sp³-hybridized carbons (Fsp3) is 0.278. The van der Waals surface area contributed by atoms with E-state index in [-0.39, 0.29) is 36.2 Å². The molecule has 2 aromatic carbocycles. The number of carbonyl (C=O) groups excluding carboxylic acids is 1. The number of benzene rings is 2. The van der Waals surface area contributed by atoms with Crippen molar-refractivity contribution in [1.29, 1.82) is 0 Å². The first-order valence-corrected chi connectivity index (χ1v) is 10.5. The van der Waals surface area contributed by atoms with Gasteiger partial charge in [0.05, 0.1) is 22.3 Å². The molecule has 0 aliphatic carbocycles. The van der Waals surface area contributed by atoms with Gasteiger partial charge in [-0.15, -0.1) is 0 Å². The van der Waals surface area contributed by atoms with Crippen LogP contribution in [0.5, 0.6) is 0 Å². The Labute approximate surface area is 168 Å². The average molecular weight is 433 g/mol. The van der Waals surface area contributed by atoms with E-state index in [1.54, 1.807) is 25.1 Å². The lowest BCUT2D eigenvalue weighted by Crippen LogP contribution is -2.40. The highest BCUT2D eigenvalue weighted by Gasteiger charge is 2.23. The molecule has 0 saturated heterocycles. The van der Waals surface area contributed by atoms with Crippen LogP contribution >= 0.6 is 23.2 Å². The van der Waals surface area contributed by atoms with Crippen molar-refractivity contribution in [3.05, 3.63) is 69.5 Å². The van der Waals surface area contributed by atoms with E-state index in [2.05, 4.69) is 5.32 Å². The number of rotatable bonds is 8. The first-order chi connectivity index (χ1) is 12.7. The van der Waals surface area contributed by atoms with Crippen molar-refractivity contribution in [3.8, 4) is 0 Å². The molecule has 2 rings (SSSR count). The summed E-state index contributed by atoms with van der Waals surface area (Å²) in [7, 11) is -3.72. The molecule has 0 heterocycles. The van der Waals surface area contributed by atoms with Crippen molar-refractivity contribution >= 4 is 39.1 Å². The summed E-state index contributed by atoms with van der Waals surface area (Å²) in [4.78, 5) is 12.1. The van der Waals surface area contributed by atoms with Gasteiger partial charge in [0.1, 0.15) is 5.82 Å². The normalized spacial score (nSPS) is 11.6. The summed E-state index contributed by atoms with van der Waals surface area (Å²) in [6, 6.07) is 10.3. The Bertz CT molecular complexity index is 905. The van der Waals surface area contributed by atoms with Gasteiger partial charge >= 0.3 is 0 Å². The predicted molar refractivity (Wildman–Crippen MR) is 105 cm³/mol. The molecule has 0 spiro atoms. The van der Waals surface area contributed by atoms with Gasteiger partial charge in [0.25, 0.3) is 0 Å². The molecule has 1 amide bonds. The van der Waals surface area contributed by atoms with E-state index >= 15 is 0 Å². The van der Waals surface area contributed by atoms with E-state index < -0.39 is 15.9 Å². The second-order valence-electron chi connectivity index (χ2n) is 5.83. The minimum atomic E-state index is -3.72. The maximum absolute atomic E-state index is 12.9. The number of likely N-dealkylation sites (N-methyl/N-ethyl adjacent to an activating group) is 1. The molecular weight excluding hydrogens is 414 g/mol. The number of hydrogen-bond acceptors (Lipinski definition) is 3. The highest BCUT2D eigenvalue weighted by Crippen LogP contribution is 2.24. The van der Waals surface area contributed by atoms with Crippen LogP contribution < -0.4 is 5.32 Å². The van der Waals surface area contributed by atoms with Crippen molar-refractivity contribution in [1.82, 2.24) is 9.62 Å². The summed E-state index contributed by atoms with van der Waals surface area (Å²) >= 11 is 11.8. The maximum Gasteiger partial charge on any atom is 0.235 e. The number of carbonyl (C=O) groups is 1. The Morgan fingerprint density at radius 3 is 2.30 bits per heavy atom. The molecule has 0 bridgehead atoms. The number of nitrogens with one attached hydrogen (secondary N) is 1. The number of amides is 1. The minimum Gasteiger partial charge on any atom is -0.351 e. The lowest BCUT2D eigenvalue weighted by Gasteiger charge is -2.20. The molecular formula is C18H19Cl2FN2O3S. The Morgan fingerprint density at radius 2 is 1.70 bits per heavy atom. The van der Waals surface area contributed by atoms with Gasteiger partial charge in [-0.25, -0.2) is 12.8 Å². The van der Waals surface area contributed by atoms with Gasteiger partial charge < -0.3 is 5.32 Å². The molecule has 146 valence electrons. The largest absolute Gasteiger partial charge is 0.351 e. The van der Waals surface area contributed by atoms with Crippen LogP contribution in [0, 0.1) is 5.82 Å². The highest BCUT2D eigenvalue weighted by atomic mass is 35.5. The van der Waals surface area contributed by atoms with Gasteiger partial charge in [-0.3, -0.25) is 4.79 Å². The Kier molecular flexibility index (Phi) is 7.61. The molecule has 0 saturated carbocycles. The molecule has 0 aromatic heterocycles. The van der Waals surface area contributed by atoms with Crippen LogP contribution in [-0.2, 0) is 27.1 Å². The third kappa shape index (κ3) is 6.46. The zero-order chi connectivity index (χ0) is 20.0. The fourth-order valence-corrected chi connectivity index (χ4v) is 4.17. The minimum absolute atomic E-state index is 0.146. The molecule has 9 heteroatoms. The number of hydrogen-bond donors (Lipinski definition) is 1. The standard InChI is InChI=1S/C18H19Cl2FN2O3S/c1-2-23(11-18(24)22-10-13-3-6-15(21)7-4-13)27(25,26)12-14-5-8-16(19)17(20)9-14/h3-9H,2,10-12H2,1H3,(H,22,24). The second kappa shape index (κ2) is 9.50. The first kappa shape index (κ1) is 21.6. The fourth-order valence-electron chi connectivity index (χ4n) is 2.36. The van der Waals surface area contributed by atoms with Crippen LogP contribution in [0.1, 0.15) is 18.1 Å². The van der Waals surface area contributed by atoms with Crippen molar-refractivity contribution in [2.75, 3.05) is 13.1 Å². The van der Waals surface area contributed by atoms with Crippen molar-refractivity contribution < 1.29 is 17.6 Å².